The smallest absolute Gasteiger partial charge is 0.179 e. The molecule has 2 aliphatic heterocycles. The summed E-state index contributed by atoms with van der Waals surface area (Å²) >= 11 is 1.13. The number of hydrogen-bond acceptors (Lipinski definition) is 6. The molecule has 0 aromatic heterocycles. The SMILES string of the molecule is COc1cc2c(cc1OC)CN1CCc3cc(OSc4cccc(F)c4)c(OC)cc3C1C2. The average molecular weight is 468 g/mol. The van der Waals surface area contributed by atoms with Crippen LogP contribution in [0.5, 0.6) is 23.0 Å². The van der Waals surface area contributed by atoms with Crippen LogP contribution in [0.2, 0.25) is 0 Å². The van der Waals surface area contributed by atoms with E-state index in [2.05, 4.69) is 29.2 Å². The molecular formula is C26H26FNO4S. The highest BCUT2D eigenvalue weighted by Gasteiger charge is 2.34. The van der Waals surface area contributed by atoms with Crippen LogP contribution < -0.4 is 18.4 Å². The van der Waals surface area contributed by atoms with Crippen molar-refractivity contribution < 1.29 is 22.8 Å². The van der Waals surface area contributed by atoms with Gasteiger partial charge in [0.25, 0.3) is 0 Å². The Labute approximate surface area is 197 Å². The van der Waals surface area contributed by atoms with Gasteiger partial charge in [-0.3, -0.25) is 4.90 Å². The Morgan fingerprint density at radius 1 is 0.848 bits per heavy atom. The fraction of sp³-hybridized carbons (Fsp3) is 0.308. The highest BCUT2D eigenvalue weighted by molar-refractivity contribution is 7.95. The maximum atomic E-state index is 13.5. The van der Waals surface area contributed by atoms with Crippen LogP contribution in [-0.4, -0.2) is 32.8 Å². The number of benzene rings is 3. The van der Waals surface area contributed by atoms with Gasteiger partial charge in [0.2, 0.25) is 0 Å². The normalized spacial score (nSPS) is 16.9. The zero-order valence-electron chi connectivity index (χ0n) is 18.9. The minimum absolute atomic E-state index is 0.262. The third-order valence-electron chi connectivity index (χ3n) is 6.41. The summed E-state index contributed by atoms with van der Waals surface area (Å²) in [5.74, 6) is 2.58. The lowest BCUT2D eigenvalue weighted by Gasteiger charge is -2.41. The molecule has 172 valence electrons. The second-order valence-electron chi connectivity index (χ2n) is 8.24. The van der Waals surface area contributed by atoms with Gasteiger partial charge in [0.05, 0.1) is 38.3 Å². The molecule has 1 unspecified atom stereocenters. The van der Waals surface area contributed by atoms with Crippen molar-refractivity contribution in [1.29, 1.82) is 0 Å². The Morgan fingerprint density at radius 3 is 2.27 bits per heavy atom. The Kier molecular flexibility index (Phi) is 6.08. The van der Waals surface area contributed by atoms with E-state index >= 15 is 0 Å². The average Bonchev–Trinajstić information content (AvgIpc) is 2.84. The van der Waals surface area contributed by atoms with Crippen LogP contribution >= 0.6 is 12.0 Å². The first kappa shape index (κ1) is 21.9. The molecule has 0 spiro atoms. The molecule has 2 heterocycles. The van der Waals surface area contributed by atoms with Crippen LogP contribution in [0.15, 0.2) is 53.4 Å². The number of hydrogen-bond donors (Lipinski definition) is 0. The number of fused-ring (bicyclic) bond motifs is 4. The van der Waals surface area contributed by atoms with Gasteiger partial charge in [-0.05, 0) is 77.6 Å². The van der Waals surface area contributed by atoms with Crippen molar-refractivity contribution in [2.45, 2.75) is 30.3 Å². The largest absolute Gasteiger partial charge is 0.493 e. The Morgan fingerprint density at radius 2 is 1.55 bits per heavy atom. The number of halogens is 1. The van der Waals surface area contributed by atoms with Crippen LogP contribution in [0.3, 0.4) is 0 Å². The first-order valence-electron chi connectivity index (χ1n) is 10.9. The van der Waals surface area contributed by atoms with E-state index in [9.17, 15) is 4.39 Å². The van der Waals surface area contributed by atoms with E-state index in [0.29, 0.717) is 16.4 Å². The van der Waals surface area contributed by atoms with Crippen LogP contribution in [0.4, 0.5) is 4.39 Å². The number of rotatable bonds is 6. The summed E-state index contributed by atoms with van der Waals surface area (Å²) in [4.78, 5) is 3.21. The lowest BCUT2D eigenvalue weighted by atomic mass is 9.83. The third kappa shape index (κ3) is 4.23. The predicted molar refractivity (Wildman–Crippen MR) is 126 cm³/mol. The molecule has 0 amide bonds. The third-order valence-corrected chi connectivity index (χ3v) is 7.12. The van der Waals surface area contributed by atoms with Crippen molar-refractivity contribution in [3.05, 3.63) is 76.6 Å². The van der Waals surface area contributed by atoms with E-state index in [4.69, 9.17) is 18.4 Å². The minimum Gasteiger partial charge on any atom is -0.493 e. The number of ether oxygens (including phenoxy) is 3. The van der Waals surface area contributed by atoms with E-state index < -0.39 is 0 Å². The van der Waals surface area contributed by atoms with Gasteiger partial charge in [0, 0.05) is 19.1 Å². The monoisotopic (exact) mass is 467 g/mol. The standard InChI is InChI=1S/C26H26FNO4S/c1-29-23-11-17-9-22-21-14-25(31-3)26(32-33-20-6-4-5-19(27)13-20)10-16(21)7-8-28(22)15-18(17)12-24(23)30-2/h4-6,10-14,22H,7-9,15H2,1-3H3. The summed E-state index contributed by atoms with van der Waals surface area (Å²) < 4.78 is 36.2. The zero-order chi connectivity index (χ0) is 22.9. The minimum atomic E-state index is -0.284. The Hall–Kier alpha value is -2.90. The van der Waals surface area contributed by atoms with Crippen molar-refractivity contribution in [2.75, 3.05) is 27.9 Å². The van der Waals surface area contributed by atoms with Gasteiger partial charge in [-0.1, -0.05) is 6.07 Å². The molecule has 1 atom stereocenters. The molecule has 2 aliphatic rings. The highest BCUT2D eigenvalue weighted by atomic mass is 32.2. The fourth-order valence-electron chi connectivity index (χ4n) is 4.75. The van der Waals surface area contributed by atoms with E-state index in [0.717, 1.165) is 49.5 Å². The van der Waals surface area contributed by atoms with E-state index in [1.165, 1.54) is 34.4 Å². The number of methoxy groups -OCH3 is 3. The van der Waals surface area contributed by atoms with Crippen molar-refractivity contribution in [3.63, 3.8) is 0 Å². The van der Waals surface area contributed by atoms with Gasteiger partial charge in [0.1, 0.15) is 5.82 Å². The molecule has 5 nitrogen and oxygen atoms in total. The van der Waals surface area contributed by atoms with Crippen LogP contribution in [0.1, 0.15) is 28.3 Å². The fourth-order valence-corrected chi connectivity index (χ4v) is 5.36. The Balaban J connectivity index is 1.43. The van der Waals surface area contributed by atoms with Crippen molar-refractivity contribution >= 4 is 12.0 Å². The van der Waals surface area contributed by atoms with E-state index in [1.54, 1.807) is 27.4 Å². The maximum absolute atomic E-state index is 13.5. The van der Waals surface area contributed by atoms with Gasteiger partial charge >= 0.3 is 0 Å². The first-order valence-corrected chi connectivity index (χ1v) is 11.6. The lowest BCUT2D eigenvalue weighted by molar-refractivity contribution is 0.160. The van der Waals surface area contributed by atoms with Gasteiger partial charge in [-0.25, -0.2) is 4.39 Å². The lowest BCUT2D eigenvalue weighted by Crippen LogP contribution is -2.39. The second kappa shape index (κ2) is 9.15. The first-order chi connectivity index (χ1) is 16.1. The summed E-state index contributed by atoms with van der Waals surface area (Å²) in [6.45, 7) is 1.84. The summed E-state index contributed by atoms with van der Waals surface area (Å²) in [6, 6.07) is 15.0. The molecule has 3 aromatic rings. The highest BCUT2D eigenvalue weighted by Crippen LogP contribution is 2.45. The van der Waals surface area contributed by atoms with Crippen LogP contribution in [0, 0.1) is 5.82 Å². The molecule has 0 N–H and O–H groups in total. The van der Waals surface area contributed by atoms with Crippen LogP contribution in [0.25, 0.3) is 0 Å². The van der Waals surface area contributed by atoms with E-state index in [1.807, 2.05) is 6.07 Å². The van der Waals surface area contributed by atoms with Gasteiger partial charge in [0.15, 0.2) is 23.0 Å². The molecule has 0 saturated carbocycles. The molecule has 0 bridgehead atoms. The van der Waals surface area contributed by atoms with Crippen molar-refractivity contribution in [3.8, 4) is 23.0 Å². The van der Waals surface area contributed by atoms with Crippen molar-refractivity contribution in [1.82, 2.24) is 4.90 Å². The van der Waals surface area contributed by atoms with Gasteiger partial charge < -0.3 is 18.4 Å². The molecule has 0 fully saturated rings. The topological polar surface area (TPSA) is 40.2 Å². The molecule has 7 heteroatoms. The summed E-state index contributed by atoms with van der Waals surface area (Å²) in [7, 11) is 4.99. The van der Waals surface area contributed by atoms with Gasteiger partial charge in [-0.15, -0.1) is 0 Å². The van der Waals surface area contributed by atoms with Crippen molar-refractivity contribution in [2.24, 2.45) is 0 Å². The molecular weight excluding hydrogens is 441 g/mol. The number of nitrogens with zero attached hydrogens (tertiary/aromatic N) is 1. The summed E-state index contributed by atoms with van der Waals surface area (Å²) in [5.41, 5.74) is 5.09. The summed E-state index contributed by atoms with van der Waals surface area (Å²) in [6.07, 6.45) is 1.82. The summed E-state index contributed by atoms with van der Waals surface area (Å²) in [5, 5.41) is 0. The molecule has 33 heavy (non-hydrogen) atoms. The second-order valence-corrected chi connectivity index (χ2v) is 9.05. The molecule has 0 aliphatic carbocycles. The molecule has 5 rings (SSSR count). The predicted octanol–water partition coefficient (Wildman–Crippen LogP) is 5.59. The zero-order valence-corrected chi connectivity index (χ0v) is 19.7. The quantitative estimate of drug-likeness (QED) is 0.440. The van der Waals surface area contributed by atoms with Crippen LogP contribution in [-0.2, 0) is 19.4 Å². The van der Waals surface area contributed by atoms with Gasteiger partial charge in [-0.2, -0.15) is 0 Å². The molecule has 0 saturated heterocycles. The van der Waals surface area contributed by atoms with E-state index in [-0.39, 0.29) is 11.9 Å². The molecule has 3 aromatic carbocycles. The Bertz CT molecular complexity index is 1190. The molecule has 0 radical (unpaired) electrons. The maximum Gasteiger partial charge on any atom is 0.179 e.